The Bertz CT molecular complexity index is 1140. The normalized spacial score (nSPS) is 11.5. The molecule has 1 aromatic carbocycles. The number of anilines is 1. The van der Waals surface area contributed by atoms with E-state index in [4.69, 9.17) is 4.74 Å². The summed E-state index contributed by atoms with van der Waals surface area (Å²) in [4.78, 5) is 35.6. The zero-order valence-corrected chi connectivity index (χ0v) is 18.3. The molecule has 1 N–H and O–H groups in total. The second-order valence-electron chi connectivity index (χ2n) is 7.32. The van der Waals surface area contributed by atoms with Crippen LogP contribution in [-0.4, -0.2) is 36.9 Å². The van der Waals surface area contributed by atoms with Crippen LogP contribution < -0.4 is 5.32 Å². The minimum absolute atomic E-state index is 0.137. The molecule has 0 unspecified atom stereocenters. The molecule has 2 heterocycles. The van der Waals surface area contributed by atoms with Gasteiger partial charge in [0.1, 0.15) is 15.0 Å². The van der Waals surface area contributed by atoms with Crippen molar-refractivity contribution in [3.63, 3.8) is 0 Å². The number of fused-ring (bicyclic) bond motifs is 1. The minimum atomic E-state index is -0.656. The van der Waals surface area contributed by atoms with Gasteiger partial charge < -0.3 is 9.30 Å². The molecule has 0 spiro atoms. The van der Waals surface area contributed by atoms with Crippen LogP contribution in [0, 0.1) is 13.8 Å². The number of halogens is 1. The van der Waals surface area contributed by atoms with Gasteiger partial charge in [0.15, 0.2) is 0 Å². The molecule has 0 aliphatic carbocycles. The molecule has 0 radical (unpaired) electrons. The number of ether oxygens (including phenoxy) is 1. The number of benzene rings is 1. The van der Waals surface area contributed by atoms with Crippen molar-refractivity contribution in [2.75, 3.05) is 5.32 Å². The Morgan fingerprint density at radius 3 is 2.59 bits per heavy atom. The Kier molecular flexibility index (Phi) is 5.34. The van der Waals surface area contributed by atoms with Crippen LogP contribution in [0.4, 0.5) is 16.2 Å². The maximum Gasteiger partial charge on any atom is 0.412 e. The number of aromatic nitrogens is 3. The first kappa shape index (κ1) is 20.8. The van der Waals surface area contributed by atoms with Gasteiger partial charge >= 0.3 is 6.09 Å². The zero-order chi connectivity index (χ0) is 21.5. The number of amides is 1. The number of aryl methyl sites for hydroxylation is 1. The summed E-state index contributed by atoms with van der Waals surface area (Å²) < 4.78 is 8.41. The van der Waals surface area contributed by atoms with Crippen LogP contribution in [0.2, 0.25) is 0 Å². The van der Waals surface area contributed by atoms with Gasteiger partial charge in [-0.1, -0.05) is 0 Å². The first-order valence-electron chi connectivity index (χ1n) is 8.50. The molecule has 11 heteroatoms. The number of nitro benzene ring substituents is 1. The number of rotatable bonds is 3. The number of nitro groups is 1. The summed E-state index contributed by atoms with van der Waals surface area (Å²) in [5.74, 6) is -0.488. The van der Waals surface area contributed by atoms with Gasteiger partial charge in [-0.3, -0.25) is 20.2 Å². The second-order valence-corrected chi connectivity index (χ2v) is 8.34. The Morgan fingerprint density at radius 1 is 1.28 bits per heavy atom. The average Bonchev–Trinajstić information content (AvgIpc) is 3.12. The van der Waals surface area contributed by atoms with Crippen LogP contribution >= 0.6 is 22.6 Å². The molecule has 0 aliphatic heterocycles. The number of nitrogens with zero attached hydrogens (tertiary/aromatic N) is 4. The van der Waals surface area contributed by atoms with Crippen molar-refractivity contribution in [1.29, 1.82) is 0 Å². The van der Waals surface area contributed by atoms with Crippen molar-refractivity contribution in [2.45, 2.75) is 26.4 Å². The molecule has 2 aromatic heterocycles. The van der Waals surface area contributed by atoms with E-state index in [9.17, 15) is 19.7 Å². The van der Waals surface area contributed by atoms with E-state index < -0.39 is 22.5 Å². The highest BCUT2D eigenvalue weighted by atomic mass is 127. The lowest BCUT2D eigenvalue weighted by atomic mass is 10.2. The predicted octanol–water partition coefficient (Wildman–Crippen LogP) is 3.92. The molecule has 0 atom stereocenters. The van der Waals surface area contributed by atoms with Gasteiger partial charge in [0.05, 0.1) is 16.1 Å². The molecule has 0 bridgehead atoms. The van der Waals surface area contributed by atoms with Gasteiger partial charge in [0.25, 0.3) is 11.6 Å². The minimum Gasteiger partial charge on any atom is -0.444 e. The third kappa shape index (κ3) is 4.39. The van der Waals surface area contributed by atoms with Gasteiger partial charge in [-0.2, -0.15) is 9.78 Å². The molecule has 0 aliphatic rings. The molecule has 29 heavy (non-hydrogen) atoms. The van der Waals surface area contributed by atoms with Crippen LogP contribution in [0.15, 0.2) is 30.5 Å². The Hall–Kier alpha value is -2.96. The van der Waals surface area contributed by atoms with Crippen molar-refractivity contribution >= 4 is 56.9 Å². The zero-order valence-electron chi connectivity index (χ0n) is 16.1. The maximum absolute atomic E-state index is 13.1. The largest absolute Gasteiger partial charge is 0.444 e. The van der Waals surface area contributed by atoms with Gasteiger partial charge in [-0.05, 0) is 55.5 Å². The number of non-ortho nitro benzene ring substituents is 1. The fourth-order valence-corrected chi connectivity index (χ4v) is 3.38. The molecular formula is C18H18IN5O5. The van der Waals surface area contributed by atoms with E-state index >= 15 is 0 Å². The first-order valence-corrected chi connectivity index (χ1v) is 9.58. The van der Waals surface area contributed by atoms with E-state index in [-0.39, 0.29) is 11.4 Å². The highest BCUT2D eigenvalue weighted by molar-refractivity contribution is 14.1. The summed E-state index contributed by atoms with van der Waals surface area (Å²) in [6, 6.07) is 5.73. The smallest absolute Gasteiger partial charge is 0.412 e. The van der Waals surface area contributed by atoms with Crippen molar-refractivity contribution < 1.29 is 19.2 Å². The third-order valence-electron chi connectivity index (χ3n) is 3.89. The standard InChI is InChI=1S/C18H18IN5O5/c1-18(2,3)29-17(26)20-10-7-14(22(4)9-10)16(25)23-13-8-11(24(27)28)5-6-12(13)15(19)21-23/h5-9H,1-4H3,(H,20,26). The topological polar surface area (TPSA) is 121 Å². The lowest BCUT2D eigenvalue weighted by molar-refractivity contribution is -0.384. The lowest BCUT2D eigenvalue weighted by Crippen LogP contribution is -2.27. The Labute approximate surface area is 179 Å². The molecule has 3 rings (SSSR count). The van der Waals surface area contributed by atoms with E-state index in [2.05, 4.69) is 10.4 Å². The fraction of sp³-hybridized carbons (Fsp3) is 0.278. The second kappa shape index (κ2) is 7.46. The molecular weight excluding hydrogens is 493 g/mol. The highest BCUT2D eigenvalue weighted by Crippen LogP contribution is 2.26. The van der Waals surface area contributed by atoms with Gasteiger partial charge in [0, 0.05) is 30.8 Å². The van der Waals surface area contributed by atoms with Gasteiger partial charge in [0.2, 0.25) is 0 Å². The summed E-state index contributed by atoms with van der Waals surface area (Å²) >= 11 is 1.97. The van der Waals surface area contributed by atoms with Crippen LogP contribution in [0.5, 0.6) is 0 Å². The first-order chi connectivity index (χ1) is 13.5. The summed E-state index contributed by atoms with van der Waals surface area (Å²) in [6.07, 6.45) is 0.924. The monoisotopic (exact) mass is 511 g/mol. The molecule has 10 nitrogen and oxygen atoms in total. The fourth-order valence-electron chi connectivity index (χ4n) is 2.71. The number of carbonyl (C=O) groups excluding carboxylic acids is 2. The molecule has 0 saturated carbocycles. The predicted molar refractivity (Wildman–Crippen MR) is 114 cm³/mol. The third-order valence-corrected chi connectivity index (χ3v) is 4.69. The van der Waals surface area contributed by atoms with E-state index in [1.807, 2.05) is 22.6 Å². The van der Waals surface area contributed by atoms with E-state index in [1.165, 1.54) is 22.8 Å². The van der Waals surface area contributed by atoms with Gasteiger partial charge in [-0.15, -0.1) is 0 Å². The lowest BCUT2D eigenvalue weighted by Gasteiger charge is -2.19. The van der Waals surface area contributed by atoms with E-state index in [0.717, 1.165) is 4.68 Å². The van der Waals surface area contributed by atoms with Crippen molar-refractivity contribution in [1.82, 2.24) is 14.3 Å². The summed E-state index contributed by atoms with van der Waals surface area (Å²) in [5.41, 5.74) is 0.153. The summed E-state index contributed by atoms with van der Waals surface area (Å²) in [7, 11) is 1.65. The highest BCUT2D eigenvalue weighted by Gasteiger charge is 2.22. The maximum atomic E-state index is 13.1. The van der Waals surface area contributed by atoms with E-state index in [0.29, 0.717) is 20.3 Å². The number of hydrogen-bond donors (Lipinski definition) is 1. The average molecular weight is 511 g/mol. The molecule has 3 aromatic rings. The molecule has 1 amide bonds. The Balaban J connectivity index is 1.95. The van der Waals surface area contributed by atoms with Crippen LogP contribution in [0.3, 0.4) is 0 Å². The summed E-state index contributed by atoms with van der Waals surface area (Å²) in [5, 5.41) is 18.5. The molecule has 0 saturated heterocycles. The van der Waals surface area contributed by atoms with E-state index in [1.54, 1.807) is 40.1 Å². The summed E-state index contributed by atoms with van der Waals surface area (Å²) in [6.45, 7) is 5.24. The number of hydrogen-bond acceptors (Lipinski definition) is 6. The van der Waals surface area contributed by atoms with Crippen LogP contribution in [0.1, 0.15) is 31.3 Å². The van der Waals surface area contributed by atoms with Crippen LogP contribution in [0.25, 0.3) is 10.9 Å². The van der Waals surface area contributed by atoms with Crippen LogP contribution in [-0.2, 0) is 11.8 Å². The SMILES string of the molecule is Cn1cc(NC(=O)OC(C)(C)C)cc1C(=O)n1nc(I)c2ccc([N+](=O)[O-])cc21. The van der Waals surface area contributed by atoms with Crippen molar-refractivity contribution in [2.24, 2.45) is 7.05 Å². The molecule has 0 fully saturated rings. The van der Waals surface area contributed by atoms with Crippen molar-refractivity contribution in [3.05, 3.63) is 50.0 Å². The molecule has 152 valence electrons. The van der Waals surface area contributed by atoms with Crippen molar-refractivity contribution in [3.8, 4) is 0 Å². The van der Waals surface area contributed by atoms with Gasteiger partial charge in [-0.25, -0.2) is 4.79 Å². The Morgan fingerprint density at radius 2 is 1.97 bits per heavy atom. The quantitative estimate of drug-likeness (QED) is 0.323. The number of nitrogens with one attached hydrogen (secondary N) is 1. The number of carbonyl (C=O) groups is 2.